The molecule has 0 unspecified atom stereocenters. The Morgan fingerprint density at radius 1 is 0.844 bits per heavy atom. The van der Waals surface area contributed by atoms with E-state index in [4.69, 9.17) is 17.3 Å². The third-order valence-electron chi connectivity index (χ3n) is 5.62. The molecule has 162 valence electrons. The predicted octanol–water partition coefficient (Wildman–Crippen LogP) is 4.33. The van der Waals surface area contributed by atoms with Crippen molar-refractivity contribution in [2.24, 2.45) is 0 Å². The van der Waals surface area contributed by atoms with Gasteiger partial charge >= 0.3 is 0 Å². The number of hydrogen-bond donors (Lipinski definition) is 2. The van der Waals surface area contributed by atoms with Crippen molar-refractivity contribution >= 4 is 45.6 Å². The van der Waals surface area contributed by atoms with E-state index in [1.54, 1.807) is 0 Å². The number of piperazine rings is 1. The summed E-state index contributed by atoms with van der Waals surface area (Å²) >= 11 is 6.14. The molecule has 5 rings (SSSR count). The Bertz CT molecular complexity index is 1240. The van der Waals surface area contributed by atoms with E-state index in [1.165, 1.54) is 5.39 Å². The molecule has 2 heterocycles. The number of nitrogens with two attached hydrogens (primary N) is 1. The highest BCUT2D eigenvalue weighted by atomic mass is 35.5. The monoisotopic (exact) mass is 445 g/mol. The first-order valence-electron chi connectivity index (χ1n) is 10.6. The number of nitrogen functional groups attached to an aromatic ring is 1. The zero-order valence-corrected chi connectivity index (χ0v) is 18.3. The van der Waals surface area contributed by atoms with Crippen molar-refractivity contribution in [2.75, 3.05) is 42.1 Å². The number of rotatable bonds is 5. The molecule has 0 radical (unpaired) electrons. The molecule has 0 aliphatic carbocycles. The van der Waals surface area contributed by atoms with Gasteiger partial charge in [-0.1, -0.05) is 48.0 Å². The van der Waals surface area contributed by atoms with Crippen molar-refractivity contribution in [3.8, 4) is 0 Å². The van der Waals surface area contributed by atoms with Gasteiger partial charge in [-0.3, -0.25) is 4.90 Å². The Balaban J connectivity index is 1.25. The molecular weight excluding hydrogens is 422 g/mol. The lowest BCUT2D eigenvalue weighted by Crippen LogP contribution is -2.46. The van der Waals surface area contributed by atoms with Crippen molar-refractivity contribution < 1.29 is 0 Å². The molecule has 1 saturated heterocycles. The summed E-state index contributed by atoms with van der Waals surface area (Å²) in [5.41, 5.74) is 8.05. The van der Waals surface area contributed by atoms with Gasteiger partial charge in [-0.2, -0.15) is 15.0 Å². The van der Waals surface area contributed by atoms with Crippen LogP contribution in [0, 0.1) is 0 Å². The number of nitrogens with one attached hydrogen (secondary N) is 1. The molecule has 32 heavy (non-hydrogen) atoms. The van der Waals surface area contributed by atoms with E-state index in [0.717, 1.165) is 48.0 Å². The molecule has 0 saturated carbocycles. The Hall–Kier alpha value is -3.42. The molecule has 0 amide bonds. The Morgan fingerprint density at radius 3 is 2.47 bits per heavy atom. The molecule has 1 aliphatic rings. The number of aromatic nitrogens is 3. The average molecular weight is 446 g/mol. The lowest BCUT2D eigenvalue weighted by molar-refractivity contribution is 0.244. The largest absolute Gasteiger partial charge is 0.369 e. The highest BCUT2D eigenvalue weighted by Gasteiger charge is 2.19. The first kappa shape index (κ1) is 20.5. The second-order valence-corrected chi connectivity index (χ2v) is 8.30. The zero-order valence-electron chi connectivity index (χ0n) is 17.6. The maximum atomic E-state index is 6.14. The minimum atomic E-state index is 0.218. The smallest absolute Gasteiger partial charge is 0.232 e. The minimum absolute atomic E-state index is 0.218. The fourth-order valence-corrected chi connectivity index (χ4v) is 4.18. The summed E-state index contributed by atoms with van der Waals surface area (Å²) < 4.78 is 0. The van der Waals surface area contributed by atoms with Crippen LogP contribution in [0.1, 0.15) is 5.82 Å². The molecule has 4 aromatic rings. The molecule has 0 bridgehead atoms. The topological polar surface area (TPSA) is 83.2 Å². The fraction of sp³-hybridized carbons (Fsp3) is 0.208. The van der Waals surface area contributed by atoms with Crippen LogP contribution >= 0.6 is 11.6 Å². The lowest BCUT2D eigenvalue weighted by atomic mass is 10.1. The van der Waals surface area contributed by atoms with Crippen LogP contribution in [0.3, 0.4) is 0 Å². The quantitative estimate of drug-likeness (QED) is 0.473. The van der Waals surface area contributed by atoms with E-state index in [-0.39, 0.29) is 5.95 Å². The highest BCUT2D eigenvalue weighted by Crippen LogP contribution is 2.23. The molecule has 1 fully saturated rings. The summed E-state index contributed by atoms with van der Waals surface area (Å²) in [5.74, 6) is 1.34. The maximum absolute atomic E-state index is 6.14. The summed E-state index contributed by atoms with van der Waals surface area (Å²) in [7, 11) is 0. The average Bonchev–Trinajstić information content (AvgIpc) is 2.79. The van der Waals surface area contributed by atoms with E-state index < -0.39 is 0 Å². The summed E-state index contributed by atoms with van der Waals surface area (Å²) in [6.45, 7) is 4.28. The Morgan fingerprint density at radius 2 is 1.66 bits per heavy atom. The van der Waals surface area contributed by atoms with Crippen LogP contribution in [0.2, 0.25) is 5.02 Å². The van der Waals surface area contributed by atoms with Gasteiger partial charge in [-0.15, -0.1) is 0 Å². The zero-order chi connectivity index (χ0) is 21.9. The molecule has 3 aromatic carbocycles. The second-order valence-electron chi connectivity index (χ2n) is 7.86. The van der Waals surface area contributed by atoms with Gasteiger partial charge in [0.15, 0.2) is 0 Å². The van der Waals surface area contributed by atoms with Gasteiger partial charge in [0.1, 0.15) is 5.82 Å². The third kappa shape index (κ3) is 4.74. The van der Waals surface area contributed by atoms with E-state index >= 15 is 0 Å². The summed E-state index contributed by atoms with van der Waals surface area (Å²) in [4.78, 5) is 17.9. The molecule has 1 aliphatic heterocycles. The SMILES string of the molecule is Nc1nc(CN2CCN(c3cccc(Cl)c3)CC2)nc(Nc2ccc3ccccc3c2)n1. The van der Waals surface area contributed by atoms with Crippen LogP contribution in [-0.4, -0.2) is 46.0 Å². The van der Waals surface area contributed by atoms with Crippen molar-refractivity contribution in [2.45, 2.75) is 6.54 Å². The van der Waals surface area contributed by atoms with E-state index in [1.807, 2.05) is 36.4 Å². The van der Waals surface area contributed by atoms with Crippen LogP contribution in [0.25, 0.3) is 10.8 Å². The van der Waals surface area contributed by atoms with E-state index in [9.17, 15) is 0 Å². The summed E-state index contributed by atoms with van der Waals surface area (Å²) in [5, 5.41) is 6.36. The van der Waals surface area contributed by atoms with Crippen molar-refractivity contribution in [3.05, 3.63) is 77.6 Å². The number of halogens is 1. The van der Waals surface area contributed by atoms with E-state index in [2.05, 4.69) is 60.4 Å². The minimum Gasteiger partial charge on any atom is -0.369 e. The Labute approximate surface area is 191 Å². The number of hydrogen-bond acceptors (Lipinski definition) is 7. The molecule has 1 aromatic heterocycles. The van der Waals surface area contributed by atoms with Gasteiger partial charge < -0.3 is 16.0 Å². The molecule has 0 atom stereocenters. The van der Waals surface area contributed by atoms with Gasteiger partial charge in [-0.05, 0) is 41.1 Å². The molecule has 7 nitrogen and oxygen atoms in total. The van der Waals surface area contributed by atoms with Crippen LogP contribution in [0.4, 0.5) is 23.3 Å². The van der Waals surface area contributed by atoms with Gasteiger partial charge in [0.25, 0.3) is 0 Å². The van der Waals surface area contributed by atoms with Crippen molar-refractivity contribution in [1.82, 2.24) is 19.9 Å². The number of fused-ring (bicyclic) bond motifs is 1. The van der Waals surface area contributed by atoms with E-state index in [0.29, 0.717) is 18.3 Å². The van der Waals surface area contributed by atoms with Crippen LogP contribution in [0.5, 0.6) is 0 Å². The summed E-state index contributed by atoms with van der Waals surface area (Å²) in [6, 6.07) is 22.4. The van der Waals surface area contributed by atoms with Crippen LogP contribution in [0.15, 0.2) is 66.7 Å². The lowest BCUT2D eigenvalue weighted by Gasteiger charge is -2.35. The third-order valence-corrected chi connectivity index (χ3v) is 5.85. The van der Waals surface area contributed by atoms with Crippen LogP contribution < -0.4 is 16.0 Å². The van der Waals surface area contributed by atoms with Gasteiger partial charge in [0.2, 0.25) is 11.9 Å². The van der Waals surface area contributed by atoms with Gasteiger partial charge in [0.05, 0.1) is 6.54 Å². The molecular formula is C24H24ClN7. The predicted molar refractivity (Wildman–Crippen MR) is 130 cm³/mol. The maximum Gasteiger partial charge on any atom is 0.232 e. The first-order valence-corrected chi connectivity index (χ1v) is 11.0. The number of nitrogens with zero attached hydrogens (tertiary/aromatic N) is 5. The van der Waals surface area contributed by atoms with Crippen LogP contribution in [-0.2, 0) is 6.54 Å². The van der Waals surface area contributed by atoms with Gasteiger partial charge in [-0.25, -0.2) is 0 Å². The first-order chi connectivity index (χ1) is 15.6. The molecule has 8 heteroatoms. The van der Waals surface area contributed by atoms with Crippen molar-refractivity contribution in [1.29, 1.82) is 0 Å². The summed E-state index contributed by atoms with van der Waals surface area (Å²) in [6.07, 6.45) is 0. The normalized spacial score (nSPS) is 14.6. The standard InChI is InChI=1S/C24H24ClN7/c25-19-6-3-7-21(15-19)32-12-10-31(11-13-32)16-22-28-23(26)30-24(29-22)27-20-9-8-17-4-1-2-5-18(17)14-20/h1-9,14-15H,10-13,16H2,(H3,26,27,28,29,30). The van der Waals surface area contributed by atoms with Crippen molar-refractivity contribution in [3.63, 3.8) is 0 Å². The fourth-order valence-electron chi connectivity index (χ4n) is 4.00. The molecule has 3 N–H and O–H groups in total. The molecule has 0 spiro atoms. The number of anilines is 4. The highest BCUT2D eigenvalue weighted by molar-refractivity contribution is 6.30. The Kier molecular flexibility index (Phi) is 5.75. The second kappa shape index (κ2) is 8.98. The van der Waals surface area contributed by atoms with Gasteiger partial charge in [0, 0.05) is 42.6 Å². The number of benzene rings is 3.